The number of hydrogen-bond donors (Lipinski definition) is 1. The van der Waals surface area contributed by atoms with Gasteiger partial charge >= 0.3 is 6.09 Å². The predicted molar refractivity (Wildman–Crippen MR) is 147 cm³/mol. The van der Waals surface area contributed by atoms with E-state index in [1.165, 1.54) is 23.3 Å². The second-order valence-electron chi connectivity index (χ2n) is 11.6. The fourth-order valence-electron chi connectivity index (χ4n) is 7.74. The van der Waals surface area contributed by atoms with E-state index in [9.17, 15) is 14.0 Å². The zero-order valence-corrected chi connectivity index (χ0v) is 22.9. The number of amides is 1. The normalized spacial score (nSPS) is 31.2. The standard InChI is InChI=1S/C32H39FN2O3/c1-5-38-32(37)35-25-10-11-26-23(15-25)16-27-29(36)13-18(2)30(27)31(26)20(4)19(3)28-12-9-22(17-34-28)21-7-6-8-24(33)14-21/h6-9,12,14,17-18,23,25-27,30-31H,5,10-11,13,15-16H2,1-4H3,(H,35,37)/b20-19+/t18-,23?,25?,26?,27?,30?,31+/m1/s1. The lowest BCUT2D eigenvalue weighted by Gasteiger charge is -2.50. The van der Waals surface area contributed by atoms with E-state index in [0.717, 1.165) is 42.5 Å². The number of nitrogens with one attached hydrogen (secondary N) is 1. The number of ketones is 1. The van der Waals surface area contributed by atoms with E-state index in [2.05, 4.69) is 26.1 Å². The number of allylic oxidation sites excluding steroid dienone is 2. The van der Waals surface area contributed by atoms with Crippen LogP contribution >= 0.6 is 0 Å². The molecule has 0 spiro atoms. The second-order valence-corrected chi connectivity index (χ2v) is 11.6. The number of ether oxygens (including phenoxy) is 1. The summed E-state index contributed by atoms with van der Waals surface area (Å²) in [6.07, 6.45) is 5.95. The summed E-state index contributed by atoms with van der Waals surface area (Å²) in [6.45, 7) is 8.81. The Morgan fingerprint density at radius 2 is 1.95 bits per heavy atom. The smallest absolute Gasteiger partial charge is 0.407 e. The van der Waals surface area contributed by atoms with Gasteiger partial charge in [-0.25, -0.2) is 9.18 Å². The summed E-state index contributed by atoms with van der Waals surface area (Å²) < 4.78 is 18.8. The van der Waals surface area contributed by atoms with E-state index in [4.69, 9.17) is 9.72 Å². The number of carbonyl (C=O) groups is 2. The van der Waals surface area contributed by atoms with Crippen molar-refractivity contribution in [3.8, 4) is 11.1 Å². The van der Waals surface area contributed by atoms with Gasteiger partial charge in [-0.1, -0.05) is 30.7 Å². The highest BCUT2D eigenvalue weighted by atomic mass is 19.1. The second kappa shape index (κ2) is 11.0. The molecule has 1 aromatic carbocycles. The largest absolute Gasteiger partial charge is 0.450 e. The van der Waals surface area contributed by atoms with Gasteiger partial charge in [0.1, 0.15) is 11.6 Å². The van der Waals surface area contributed by atoms with E-state index in [-0.39, 0.29) is 23.9 Å². The molecule has 6 heteroatoms. The number of rotatable bonds is 5. The molecular weight excluding hydrogens is 479 g/mol. The molecule has 1 amide bonds. The van der Waals surface area contributed by atoms with E-state index in [1.807, 2.05) is 31.3 Å². The van der Waals surface area contributed by atoms with Crippen molar-refractivity contribution in [2.75, 3.05) is 6.61 Å². The average Bonchev–Trinajstić information content (AvgIpc) is 3.19. The molecule has 0 aliphatic heterocycles. The summed E-state index contributed by atoms with van der Waals surface area (Å²) in [7, 11) is 0. The lowest BCUT2D eigenvalue weighted by atomic mass is 9.55. The lowest BCUT2D eigenvalue weighted by Crippen LogP contribution is -2.48. The van der Waals surface area contributed by atoms with Crippen molar-refractivity contribution in [1.82, 2.24) is 10.3 Å². The molecule has 3 aliphatic carbocycles. The van der Waals surface area contributed by atoms with E-state index < -0.39 is 0 Å². The van der Waals surface area contributed by atoms with Gasteiger partial charge in [0, 0.05) is 30.1 Å². The molecule has 202 valence electrons. The minimum absolute atomic E-state index is 0.101. The molecule has 0 saturated heterocycles. The Kier molecular flexibility index (Phi) is 7.69. The summed E-state index contributed by atoms with van der Waals surface area (Å²) in [5, 5.41) is 3.06. The molecule has 0 radical (unpaired) electrons. The molecule has 1 aromatic heterocycles. The number of fused-ring (bicyclic) bond motifs is 2. The zero-order chi connectivity index (χ0) is 27.0. The fourth-order valence-corrected chi connectivity index (χ4v) is 7.74. The summed E-state index contributed by atoms with van der Waals surface area (Å²) >= 11 is 0. The SMILES string of the molecule is CCOC(=O)NC1CCC2C(C1)CC1C(=O)C[C@@H](C)C1[C@H]2/C(C)=C(\C)c1ccc(-c2cccc(F)c2)cn1. The molecule has 7 atom stereocenters. The molecule has 5 nitrogen and oxygen atoms in total. The maximum atomic E-state index is 13.7. The van der Waals surface area contributed by atoms with Crippen molar-refractivity contribution < 1.29 is 18.7 Å². The molecular formula is C32H39FN2O3. The quantitative estimate of drug-likeness (QED) is 0.460. The number of alkyl carbamates (subject to hydrolysis) is 1. The zero-order valence-electron chi connectivity index (χ0n) is 22.9. The number of benzene rings is 1. The van der Waals surface area contributed by atoms with Gasteiger partial charge in [0.2, 0.25) is 0 Å². The monoisotopic (exact) mass is 518 g/mol. The van der Waals surface area contributed by atoms with Crippen molar-refractivity contribution in [2.24, 2.45) is 35.5 Å². The number of hydrogen-bond acceptors (Lipinski definition) is 4. The van der Waals surface area contributed by atoms with Crippen LogP contribution in [0.3, 0.4) is 0 Å². The number of aromatic nitrogens is 1. The summed E-state index contributed by atoms with van der Waals surface area (Å²) in [6, 6.07) is 10.7. The van der Waals surface area contributed by atoms with Gasteiger partial charge in [-0.05, 0) is 105 Å². The maximum absolute atomic E-state index is 13.7. The molecule has 38 heavy (non-hydrogen) atoms. The Hall–Kier alpha value is -3.02. The van der Waals surface area contributed by atoms with Crippen LogP contribution in [0.15, 0.2) is 48.2 Å². The van der Waals surface area contributed by atoms with E-state index in [1.54, 1.807) is 6.07 Å². The van der Waals surface area contributed by atoms with Gasteiger partial charge in [0.25, 0.3) is 0 Å². The van der Waals surface area contributed by atoms with Crippen molar-refractivity contribution in [2.45, 2.75) is 65.8 Å². The average molecular weight is 519 g/mol. The van der Waals surface area contributed by atoms with Crippen LogP contribution in [0.2, 0.25) is 0 Å². The van der Waals surface area contributed by atoms with Crippen LogP contribution < -0.4 is 5.32 Å². The highest BCUT2D eigenvalue weighted by Crippen LogP contribution is 2.57. The summed E-state index contributed by atoms with van der Waals surface area (Å²) in [5.41, 5.74) is 5.12. The Morgan fingerprint density at radius 3 is 2.66 bits per heavy atom. The molecule has 5 unspecified atom stereocenters. The first-order chi connectivity index (χ1) is 18.3. The van der Waals surface area contributed by atoms with Crippen LogP contribution in [0.4, 0.5) is 9.18 Å². The van der Waals surface area contributed by atoms with Crippen LogP contribution in [-0.2, 0) is 9.53 Å². The molecule has 3 aliphatic rings. The Bertz CT molecular complexity index is 1220. The number of pyridine rings is 1. The third-order valence-corrected chi connectivity index (χ3v) is 9.53. The van der Waals surface area contributed by atoms with Gasteiger partial charge in [0.05, 0.1) is 12.3 Å². The van der Waals surface area contributed by atoms with Crippen molar-refractivity contribution >= 4 is 17.4 Å². The van der Waals surface area contributed by atoms with Crippen LogP contribution in [0.5, 0.6) is 0 Å². The van der Waals surface area contributed by atoms with Gasteiger partial charge in [-0.15, -0.1) is 0 Å². The van der Waals surface area contributed by atoms with Crippen LogP contribution in [-0.4, -0.2) is 29.5 Å². The van der Waals surface area contributed by atoms with Crippen molar-refractivity contribution in [3.63, 3.8) is 0 Å². The minimum atomic E-state index is -0.341. The minimum Gasteiger partial charge on any atom is -0.450 e. The first kappa shape index (κ1) is 26.6. The highest BCUT2D eigenvalue weighted by molar-refractivity contribution is 5.84. The fraction of sp³-hybridized carbons (Fsp3) is 0.531. The van der Waals surface area contributed by atoms with Gasteiger partial charge in [0.15, 0.2) is 0 Å². The van der Waals surface area contributed by atoms with Crippen LogP contribution in [0, 0.1) is 41.3 Å². The first-order valence-corrected chi connectivity index (χ1v) is 14.1. The number of nitrogens with zero attached hydrogens (tertiary/aromatic N) is 1. The molecule has 3 saturated carbocycles. The summed E-state index contributed by atoms with van der Waals surface area (Å²) in [5.74, 6) is 2.21. The third-order valence-electron chi connectivity index (χ3n) is 9.53. The van der Waals surface area contributed by atoms with Gasteiger partial charge in [-0.2, -0.15) is 0 Å². The van der Waals surface area contributed by atoms with E-state index in [0.29, 0.717) is 48.4 Å². The first-order valence-electron chi connectivity index (χ1n) is 14.1. The van der Waals surface area contributed by atoms with Gasteiger partial charge < -0.3 is 10.1 Å². The lowest BCUT2D eigenvalue weighted by molar-refractivity contribution is -0.124. The number of Topliss-reactive ketones (excluding diaryl/α,β-unsaturated/α-hetero) is 1. The maximum Gasteiger partial charge on any atom is 0.407 e. The summed E-state index contributed by atoms with van der Waals surface area (Å²) in [4.78, 5) is 30.0. The molecule has 0 bridgehead atoms. The Morgan fingerprint density at radius 1 is 1.13 bits per heavy atom. The topological polar surface area (TPSA) is 68.3 Å². The molecule has 1 heterocycles. The highest BCUT2D eigenvalue weighted by Gasteiger charge is 2.54. The van der Waals surface area contributed by atoms with Crippen LogP contribution in [0.1, 0.15) is 65.5 Å². The van der Waals surface area contributed by atoms with Crippen molar-refractivity contribution in [3.05, 3.63) is 59.7 Å². The molecule has 1 N–H and O–H groups in total. The Balaban J connectivity index is 1.43. The molecule has 2 aromatic rings. The van der Waals surface area contributed by atoms with E-state index >= 15 is 0 Å². The van der Waals surface area contributed by atoms with Crippen molar-refractivity contribution in [1.29, 1.82) is 0 Å². The van der Waals surface area contributed by atoms with Crippen LogP contribution in [0.25, 0.3) is 16.7 Å². The third kappa shape index (κ3) is 5.14. The number of carbonyl (C=O) groups excluding carboxylic acids is 2. The number of halogens is 1. The molecule has 3 fully saturated rings. The van der Waals surface area contributed by atoms with Gasteiger partial charge in [-0.3, -0.25) is 9.78 Å². The predicted octanol–water partition coefficient (Wildman–Crippen LogP) is 7.07. The molecule has 5 rings (SSSR count). The Labute approximate surface area is 225 Å².